The summed E-state index contributed by atoms with van der Waals surface area (Å²) in [7, 11) is -2.58. The van der Waals surface area contributed by atoms with Gasteiger partial charge in [-0.3, -0.25) is 4.89 Å². The molecule has 0 fully saturated rings. The van der Waals surface area contributed by atoms with Gasteiger partial charge in [-0.1, -0.05) is 0 Å². The van der Waals surface area contributed by atoms with Crippen LogP contribution in [0.1, 0.15) is 6.92 Å². The largest absolute Gasteiger partial charge is 0.395 e. The van der Waals surface area contributed by atoms with Crippen molar-refractivity contribution in [2.24, 2.45) is 0 Å². The Kier molecular flexibility index (Phi) is 4.14. The van der Waals surface area contributed by atoms with Crippen LogP contribution >= 0.6 is 8.25 Å². The van der Waals surface area contributed by atoms with Crippen LogP contribution in [0.3, 0.4) is 0 Å². The van der Waals surface area contributed by atoms with E-state index in [0.29, 0.717) is 0 Å². The smallest absolute Gasteiger partial charge is 0.297 e. The Morgan fingerprint density at radius 3 is 2.57 bits per heavy atom. The molecule has 0 spiro atoms. The molecule has 43 valence electrons. The zero-order valence-electron chi connectivity index (χ0n) is 3.83. The molecule has 0 bridgehead atoms. The van der Waals surface area contributed by atoms with E-state index >= 15 is 0 Å². The number of rotatable bonds is 3. The highest BCUT2D eigenvalue weighted by atomic mass is 31.1. The molecule has 0 aromatic heterocycles. The summed E-state index contributed by atoms with van der Waals surface area (Å²) in [6.45, 7) is 1.93. The summed E-state index contributed by atoms with van der Waals surface area (Å²) in [4.78, 5) is 11.9. The van der Waals surface area contributed by atoms with Crippen molar-refractivity contribution in [1.82, 2.24) is 0 Å². The zero-order chi connectivity index (χ0) is 5.70. The first-order chi connectivity index (χ1) is 3.27. The Labute approximate surface area is 41.9 Å². The molecule has 0 aliphatic rings. The van der Waals surface area contributed by atoms with Crippen LogP contribution in [0.15, 0.2) is 0 Å². The third-order valence-electron chi connectivity index (χ3n) is 0.234. The molecular weight excluding hydrogens is 119 g/mol. The molecule has 1 unspecified atom stereocenters. The molecule has 0 heterocycles. The highest BCUT2D eigenvalue weighted by Crippen LogP contribution is 2.13. The maximum absolute atomic E-state index is 9.56. The van der Waals surface area contributed by atoms with E-state index in [1.807, 2.05) is 0 Å². The fourth-order valence-corrected chi connectivity index (χ4v) is 0.293. The average Bonchev–Trinajstić information content (AvgIpc) is 1.61. The van der Waals surface area contributed by atoms with E-state index in [1.165, 1.54) is 0 Å². The molecular formula is C2H6O4P. The van der Waals surface area contributed by atoms with Crippen LogP contribution in [0.2, 0.25) is 0 Å². The van der Waals surface area contributed by atoms with E-state index < -0.39 is 8.25 Å². The SMILES string of the molecule is CCOO[P](=O)O. The second kappa shape index (κ2) is 4.15. The van der Waals surface area contributed by atoms with E-state index in [0.717, 1.165) is 0 Å². The Morgan fingerprint density at radius 1 is 1.86 bits per heavy atom. The lowest BCUT2D eigenvalue weighted by Crippen LogP contribution is -1.82. The second-order valence-electron chi connectivity index (χ2n) is 0.719. The predicted octanol–water partition coefficient (Wildman–Crippen LogP) is 0.604. The molecule has 0 saturated carbocycles. The first kappa shape index (κ1) is 6.98. The van der Waals surface area contributed by atoms with Gasteiger partial charge in [-0.05, 0) is 6.92 Å². The second-order valence-corrected chi connectivity index (χ2v) is 1.34. The van der Waals surface area contributed by atoms with Crippen LogP contribution in [0.5, 0.6) is 0 Å². The molecule has 0 aromatic rings. The van der Waals surface area contributed by atoms with Gasteiger partial charge >= 0.3 is 8.25 Å². The van der Waals surface area contributed by atoms with E-state index in [4.69, 9.17) is 4.89 Å². The summed E-state index contributed by atoms with van der Waals surface area (Å²) in [6.07, 6.45) is 0. The van der Waals surface area contributed by atoms with Crippen molar-refractivity contribution in [2.45, 2.75) is 6.92 Å². The van der Waals surface area contributed by atoms with Crippen molar-refractivity contribution in [3.63, 3.8) is 0 Å². The predicted molar refractivity (Wildman–Crippen MR) is 22.5 cm³/mol. The van der Waals surface area contributed by atoms with Crippen LogP contribution in [-0.4, -0.2) is 11.5 Å². The minimum Gasteiger partial charge on any atom is -0.297 e. The van der Waals surface area contributed by atoms with E-state index in [2.05, 4.69) is 9.56 Å². The summed E-state index contributed by atoms with van der Waals surface area (Å²) in [6, 6.07) is 0. The minimum absolute atomic E-state index is 0.279. The Bertz CT molecular complexity index is 62.7. The van der Waals surface area contributed by atoms with Gasteiger partial charge in [0.25, 0.3) is 0 Å². The minimum atomic E-state index is -2.58. The first-order valence-corrected chi connectivity index (χ1v) is 2.86. The van der Waals surface area contributed by atoms with Crippen LogP contribution in [0.25, 0.3) is 0 Å². The molecule has 0 amide bonds. The van der Waals surface area contributed by atoms with Crippen LogP contribution in [-0.2, 0) is 14.1 Å². The van der Waals surface area contributed by atoms with Crippen molar-refractivity contribution >= 4 is 8.25 Å². The van der Waals surface area contributed by atoms with Gasteiger partial charge in [-0.15, -0.1) is 4.67 Å². The Hall–Kier alpha value is -0.0200. The normalized spacial score (nSPS) is 11.4. The lowest BCUT2D eigenvalue weighted by atomic mass is 10.9. The van der Waals surface area contributed by atoms with Gasteiger partial charge in [0.1, 0.15) is 0 Å². The molecule has 7 heavy (non-hydrogen) atoms. The van der Waals surface area contributed by atoms with Gasteiger partial charge in [0.05, 0.1) is 6.61 Å². The Morgan fingerprint density at radius 2 is 2.43 bits per heavy atom. The maximum atomic E-state index is 9.56. The van der Waals surface area contributed by atoms with Crippen LogP contribution in [0, 0.1) is 0 Å². The highest BCUT2D eigenvalue weighted by molar-refractivity contribution is 7.31. The molecule has 1 atom stereocenters. The van der Waals surface area contributed by atoms with Gasteiger partial charge in [-0.2, -0.15) is 0 Å². The third kappa shape index (κ3) is 5.98. The zero-order valence-corrected chi connectivity index (χ0v) is 4.72. The summed E-state index contributed by atoms with van der Waals surface area (Å²) in [5.74, 6) is 0. The van der Waals surface area contributed by atoms with Crippen molar-refractivity contribution in [3.05, 3.63) is 0 Å². The van der Waals surface area contributed by atoms with Gasteiger partial charge in [0.15, 0.2) is 0 Å². The standard InChI is InChI=1S/C2H6O4P/c1-2-5-6-7(3)4/h2H2,1H3,(H,3,4). The van der Waals surface area contributed by atoms with Gasteiger partial charge in [0.2, 0.25) is 0 Å². The fraction of sp³-hybridized carbons (Fsp3) is 1.00. The summed E-state index contributed by atoms with van der Waals surface area (Å²) < 4.78 is 13.3. The average molecular weight is 125 g/mol. The molecule has 0 aromatic carbocycles. The fourth-order valence-electron chi connectivity index (χ4n) is 0.0978. The van der Waals surface area contributed by atoms with Crippen molar-refractivity contribution < 1.29 is 19.0 Å². The molecule has 4 nitrogen and oxygen atoms in total. The number of hydrogen-bond donors (Lipinski definition) is 1. The van der Waals surface area contributed by atoms with E-state index in [1.54, 1.807) is 6.92 Å². The number of hydrogen-bond acceptors (Lipinski definition) is 3. The molecule has 1 N–H and O–H groups in total. The van der Waals surface area contributed by atoms with Crippen molar-refractivity contribution in [2.75, 3.05) is 6.61 Å². The van der Waals surface area contributed by atoms with Crippen LogP contribution in [0.4, 0.5) is 0 Å². The maximum Gasteiger partial charge on any atom is 0.395 e. The quantitative estimate of drug-likeness (QED) is 0.341. The highest BCUT2D eigenvalue weighted by Gasteiger charge is 1.89. The lowest BCUT2D eigenvalue weighted by Gasteiger charge is -1.89. The molecule has 0 saturated heterocycles. The van der Waals surface area contributed by atoms with Crippen LogP contribution < -0.4 is 0 Å². The van der Waals surface area contributed by atoms with Gasteiger partial charge in [-0.25, -0.2) is 9.45 Å². The topological polar surface area (TPSA) is 55.8 Å². The third-order valence-corrected chi connectivity index (χ3v) is 0.467. The van der Waals surface area contributed by atoms with Gasteiger partial charge < -0.3 is 0 Å². The first-order valence-electron chi connectivity index (χ1n) is 1.73. The molecule has 5 heteroatoms. The molecule has 0 rings (SSSR count). The molecule has 0 aliphatic heterocycles. The molecule has 0 aliphatic carbocycles. The summed E-state index contributed by atoms with van der Waals surface area (Å²) in [5.41, 5.74) is 0. The summed E-state index contributed by atoms with van der Waals surface area (Å²) >= 11 is 0. The van der Waals surface area contributed by atoms with Crippen molar-refractivity contribution in [3.8, 4) is 0 Å². The molecule has 1 radical (unpaired) electrons. The van der Waals surface area contributed by atoms with E-state index in [-0.39, 0.29) is 6.61 Å². The summed E-state index contributed by atoms with van der Waals surface area (Å²) in [5, 5.41) is 0. The van der Waals surface area contributed by atoms with Crippen molar-refractivity contribution in [1.29, 1.82) is 0 Å². The monoisotopic (exact) mass is 125 g/mol. The Balaban J connectivity index is 2.82. The lowest BCUT2D eigenvalue weighted by molar-refractivity contribution is -0.203. The van der Waals surface area contributed by atoms with Gasteiger partial charge in [0, 0.05) is 0 Å². The van der Waals surface area contributed by atoms with E-state index in [9.17, 15) is 4.57 Å².